The van der Waals surface area contributed by atoms with E-state index in [1.165, 1.54) is 25.3 Å². The predicted molar refractivity (Wildman–Crippen MR) is 110 cm³/mol. The number of fused-ring (bicyclic) bond motifs is 1. The van der Waals surface area contributed by atoms with Crippen LogP contribution in [0.15, 0.2) is 60.7 Å². The number of esters is 1. The summed E-state index contributed by atoms with van der Waals surface area (Å²) in [6.45, 7) is 1.81. The number of carbonyl (C=O) groups excluding carboxylic acids is 1. The van der Waals surface area contributed by atoms with Crippen molar-refractivity contribution >= 4 is 28.5 Å². The fraction of sp³-hybridized carbons (Fsp3) is 0.136. The Morgan fingerprint density at radius 3 is 2.42 bits per heavy atom. The van der Waals surface area contributed by atoms with Crippen LogP contribution >= 0.6 is 0 Å². The van der Waals surface area contributed by atoms with Crippen molar-refractivity contribution in [3.8, 4) is 5.82 Å². The number of nitrogens with one attached hydrogen (secondary N) is 1. The molecule has 2 heterocycles. The van der Waals surface area contributed by atoms with Crippen molar-refractivity contribution in [1.82, 2.24) is 14.5 Å². The third-order valence-corrected chi connectivity index (χ3v) is 4.68. The number of rotatable bonds is 4. The van der Waals surface area contributed by atoms with E-state index in [1.54, 1.807) is 10.6 Å². The summed E-state index contributed by atoms with van der Waals surface area (Å²) in [6, 6.07) is 15.1. The van der Waals surface area contributed by atoms with Gasteiger partial charge in [0.25, 0.3) is 0 Å². The average Bonchev–Trinajstić information content (AvgIpc) is 3.08. The Morgan fingerprint density at radius 1 is 1.03 bits per heavy atom. The molecule has 0 amide bonds. The van der Waals surface area contributed by atoms with Gasteiger partial charge in [-0.2, -0.15) is 13.2 Å². The molecule has 0 unspecified atom stereocenters. The number of methoxy groups -OCH3 is 1. The maximum absolute atomic E-state index is 12.8. The second-order valence-electron chi connectivity index (χ2n) is 6.77. The van der Waals surface area contributed by atoms with Crippen molar-refractivity contribution < 1.29 is 22.7 Å². The van der Waals surface area contributed by atoms with Crippen LogP contribution in [0.25, 0.3) is 16.9 Å². The van der Waals surface area contributed by atoms with E-state index >= 15 is 0 Å². The zero-order chi connectivity index (χ0) is 22.2. The van der Waals surface area contributed by atoms with E-state index in [0.29, 0.717) is 17.3 Å². The number of pyridine rings is 1. The summed E-state index contributed by atoms with van der Waals surface area (Å²) in [4.78, 5) is 21.3. The Bertz CT molecular complexity index is 1260. The Labute approximate surface area is 175 Å². The monoisotopic (exact) mass is 426 g/mol. The molecule has 0 aliphatic heterocycles. The number of aryl methyl sites for hydroxylation is 1. The average molecular weight is 426 g/mol. The number of alkyl halides is 3. The number of aromatic nitrogens is 3. The molecule has 0 spiro atoms. The molecule has 6 nitrogen and oxygen atoms in total. The molecule has 0 aliphatic rings. The van der Waals surface area contributed by atoms with Crippen molar-refractivity contribution in [2.24, 2.45) is 0 Å². The molecule has 9 heteroatoms. The first-order chi connectivity index (χ1) is 14.8. The number of para-hydroxylation sites is 2. The number of hydrogen-bond acceptors (Lipinski definition) is 5. The number of hydrogen-bond donors (Lipinski definition) is 1. The molecule has 2 aromatic carbocycles. The normalized spacial score (nSPS) is 11.5. The lowest BCUT2D eigenvalue weighted by molar-refractivity contribution is -0.137. The van der Waals surface area contributed by atoms with Crippen molar-refractivity contribution in [3.63, 3.8) is 0 Å². The molecule has 0 aliphatic carbocycles. The van der Waals surface area contributed by atoms with E-state index in [-0.39, 0.29) is 11.4 Å². The summed E-state index contributed by atoms with van der Waals surface area (Å²) in [7, 11) is 1.27. The summed E-state index contributed by atoms with van der Waals surface area (Å²) in [6.07, 6.45) is -4.42. The lowest BCUT2D eigenvalue weighted by atomic mass is 10.2. The number of ether oxygens (including phenoxy) is 1. The van der Waals surface area contributed by atoms with Gasteiger partial charge in [0.05, 0.1) is 29.3 Å². The highest BCUT2D eigenvalue weighted by Gasteiger charge is 2.30. The van der Waals surface area contributed by atoms with Crippen LogP contribution in [0.5, 0.6) is 0 Å². The molecule has 0 radical (unpaired) electrons. The Balaban J connectivity index is 1.78. The molecule has 0 atom stereocenters. The second kappa shape index (κ2) is 7.75. The number of anilines is 2. The summed E-state index contributed by atoms with van der Waals surface area (Å²) >= 11 is 0. The highest BCUT2D eigenvalue weighted by molar-refractivity contribution is 5.91. The van der Waals surface area contributed by atoms with E-state index in [1.807, 2.05) is 31.2 Å². The van der Waals surface area contributed by atoms with Crippen LogP contribution in [0, 0.1) is 6.92 Å². The van der Waals surface area contributed by atoms with Crippen LogP contribution in [0.2, 0.25) is 0 Å². The SMILES string of the molecule is COC(=O)c1cc(Nc2ccc(C(F)(F)F)cc2)nc(-n2c(C)nc3ccccc32)c1. The van der Waals surface area contributed by atoms with Gasteiger partial charge < -0.3 is 10.1 Å². The van der Waals surface area contributed by atoms with Gasteiger partial charge in [0.1, 0.15) is 17.5 Å². The van der Waals surface area contributed by atoms with Gasteiger partial charge in [0.15, 0.2) is 0 Å². The van der Waals surface area contributed by atoms with Crippen molar-refractivity contribution in [1.29, 1.82) is 0 Å². The summed E-state index contributed by atoms with van der Waals surface area (Å²) in [5, 5.41) is 2.95. The maximum atomic E-state index is 12.8. The van der Waals surface area contributed by atoms with Gasteiger partial charge in [-0.3, -0.25) is 4.57 Å². The Kier molecular flexibility index (Phi) is 5.10. The predicted octanol–water partition coefficient (Wildman–Crippen LogP) is 5.28. The summed E-state index contributed by atoms with van der Waals surface area (Å²) in [5.74, 6) is 0.788. The topological polar surface area (TPSA) is 69.0 Å². The van der Waals surface area contributed by atoms with Gasteiger partial charge in [-0.25, -0.2) is 14.8 Å². The quantitative estimate of drug-likeness (QED) is 0.450. The van der Waals surface area contributed by atoms with Gasteiger partial charge in [-0.15, -0.1) is 0 Å². The lowest BCUT2D eigenvalue weighted by Crippen LogP contribution is -2.08. The first kappa shape index (κ1) is 20.4. The van der Waals surface area contributed by atoms with E-state index in [0.717, 1.165) is 23.2 Å². The highest BCUT2D eigenvalue weighted by Crippen LogP contribution is 2.30. The molecule has 1 N–H and O–H groups in total. The number of carbonyl (C=O) groups is 1. The molecule has 31 heavy (non-hydrogen) atoms. The van der Waals surface area contributed by atoms with Crippen LogP contribution in [-0.2, 0) is 10.9 Å². The first-order valence-corrected chi connectivity index (χ1v) is 9.25. The molecular weight excluding hydrogens is 409 g/mol. The Hall–Kier alpha value is -3.88. The third kappa shape index (κ3) is 4.07. The number of halogens is 3. The maximum Gasteiger partial charge on any atom is 0.416 e. The molecule has 158 valence electrons. The van der Waals surface area contributed by atoms with E-state index in [4.69, 9.17) is 4.74 Å². The minimum Gasteiger partial charge on any atom is -0.465 e. The summed E-state index contributed by atoms with van der Waals surface area (Å²) in [5.41, 5.74) is 1.44. The van der Waals surface area contributed by atoms with Gasteiger partial charge in [0, 0.05) is 5.69 Å². The molecule has 0 saturated carbocycles. The highest BCUT2D eigenvalue weighted by atomic mass is 19.4. The van der Waals surface area contributed by atoms with E-state index < -0.39 is 17.7 Å². The molecule has 4 aromatic rings. The van der Waals surface area contributed by atoms with E-state index in [2.05, 4.69) is 15.3 Å². The third-order valence-electron chi connectivity index (χ3n) is 4.68. The minimum atomic E-state index is -4.42. The number of imidazole rings is 1. The van der Waals surface area contributed by atoms with Crippen molar-refractivity contribution in [2.75, 3.05) is 12.4 Å². The van der Waals surface area contributed by atoms with Crippen LogP contribution in [0.3, 0.4) is 0 Å². The fourth-order valence-corrected chi connectivity index (χ4v) is 3.26. The smallest absolute Gasteiger partial charge is 0.416 e. The van der Waals surface area contributed by atoms with Gasteiger partial charge in [0.2, 0.25) is 0 Å². The molecule has 0 fully saturated rings. The molecule has 2 aromatic heterocycles. The molecule has 4 rings (SSSR count). The zero-order valence-electron chi connectivity index (χ0n) is 16.6. The van der Waals surface area contributed by atoms with Crippen LogP contribution in [0.4, 0.5) is 24.7 Å². The fourth-order valence-electron chi connectivity index (χ4n) is 3.26. The van der Waals surface area contributed by atoms with Crippen LogP contribution < -0.4 is 5.32 Å². The minimum absolute atomic E-state index is 0.235. The Morgan fingerprint density at radius 2 is 1.74 bits per heavy atom. The lowest BCUT2D eigenvalue weighted by Gasteiger charge is -2.13. The first-order valence-electron chi connectivity index (χ1n) is 9.25. The van der Waals surface area contributed by atoms with Crippen molar-refractivity contribution in [3.05, 3.63) is 77.6 Å². The molecule has 0 bridgehead atoms. The standard InChI is InChI=1S/C22H17F3N4O2/c1-13-26-17-5-3-4-6-18(17)29(13)20-12-14(21(30)31-2)11-19(28-20)27-16-9-7-15(8-10-16)22(23,24)25/h3-12H,1-2H3,(H,27,28). The largest absolute Gasteiger partial charge is 0.465 e. The van der Waals surface area contributed by atoms with Gasteiger partial charge in [-0.1, -0.05) is 12.1 Å². The summed E-state index contributed by atoms with van der Waals surface area (Å²) < 4.78 is 45.1. The zero-order valence-corrected chi connectivity index (χ0v) is 16.6. The van der Waals surface area contributed by atoms with E-state index in [9.17, 15) is 18.0 Å². The van der Waals surface area contributed by atoms with Gasteiger partial charge in [-0.05, 0) is 55.5 Å². The molecular formula is C22H17F3N4O2. The number of nitrogens with zero attached hydrogens (tertiary/aromatic N) is 3. The van der Waals surface area contributed by atoms with Crippen molar-refractivity contribution in [2.45, 2.75) is 13.1 Å². The van der Waals surface area contributed by atoms with Crippen LogP contribution in [-0.4, -0.2) is 27.6 Å². The van der Waals surface area contributed by atoms with Gasteiger partial charge >= 0.3 is 12.1 Å². The number of benzene rings is 2. The molecule has 0 saturated heterocycles. The van der Waals surface area contributed by atoms with Crippen LogP contribution in [0.1, 0.15) is 21.7 Å². The second-order valence-corrected chi connectivity index (χ2v) is 6.77.